The van der Waals surface area contributed by atoms with Gasteiger partial charge < -0.3 is 4.74 Å². The SMILES string of the molecule is CCOC(=O)CCCc1cc(C)c2ccccc2n1. The second-order valence-corrected chi connectivity index (χ2v) is 4.61. The fourth-order valence-electron chi connectivity index (χ4n) is 2.19. The van der Waals surface area contributed by atoms with Crippen molar-refractivity contribution in [2.24, 2.45) is 0 Å². The number of ether oxygens (including phenoxy) is 1. The summed E-state index contributed by atoms with van der Waals surface area (Å²) in [4.78, 5) is 15.9. The highest BCUT2D eigenvalue weighted by Gasteiger charge is 2.05. The number of benzene rings is 1. The van der Waals surface area contributed by atoms with E-state index in [1.165, 1.54) is 10.9 Å². The molecule has 1 aromatic heterocycles. The molecule has 19 heavy (non-hydrogen) atoms. The Morgan fingerprint density at radius 3 is 2.89 bits per heavy atom. The summed E-state index contributed by atoms with van der Waals surface area (Å²) < 4.78 is 4.91. The Hall–Kier alpha value is -1.90. The summed E-state index contributed by atoms with van der Waals surface area (Å²) in [5.41, 5.74) is 3.30. The van der Waals surface area contributed by atoms with Gasteiger partial charge in [0.1, 0.15) is 0 Å². The summed E-state index contributed by atoms with van der Waals surface area (Å²) in [6, 6.07) is 10.2. The van der Waals surface area contributed by atoms with Crippen molar-refractivity contribution >= 4 is 16.9 Å². The Balaban J connectivity index is 2.03. The van der Waals surface area contributed by atoms with Crippen LogP contribution in [0.15, 0.2) is 30.3 Å². The van der Waals surface area contributed by atoms with E-state index in [-0.39, 0.29) is 5.97 Å². The maximum Gasteiger partial charge on any atom is 0.305 e. The van der Waals surface area contributed by atoms with Crippen LogP contribution in [0, 0.1) is 6.92 Å². The molecule has 0 aliphatic carbocycles. The second kappa shape index (κ2) is 6.32. The maximum atomic E-state index is 11.3. The van der Waals surface area contributed by atoms with E-state index in [1.807, 2.05) is 25.1 Å². The first-order valence-corrected chi connectivity index (χ1v) is 6.71. The molecule has 0 aliphatic rings. The van der Waals surface area contributed by atoms with E-state index in [0.29, 0.717) is 13.0 Å². The van der Waals surface area contributed by atoms with Crippen LogP contribution in [0.2, 0.25) is 0 Å². The molecule has 100 valence electrons. The molecule has 0 amide bonds. The molecule has 0 saturated carbocycles. The molecule has 2 aromatic rings. The number of para-hydroxylation sites is 1. The Morgan fingerprint density at radius 2 is 2.11 bits per heavy atom. The van der Waals surface area contributed by atoms with Gasteiger partial charge in [0.15, 0.2) is 0 Å². The van der Waals surface area contributed by atoms with Crippen LogP contribution in [-0.4, -0.2) is 17.6 Å². The molecular formula is C16H19NO2. The number of esters is 1. The van der Waals surface area contributed by atoms with Crippen molar-refractivity contribution in [3.63, 3.8) is 0 Å². The van der Waals surface area contributed by atoms with Crippen LogP contribution >= 0.6 is 0 Å². The number of carbonyl (C=O) groups excluding carboxylic acids is 1. The molecule has 0 fully saturated rings. The Morgan fingerprint density at radius 1 is 1.32 bits per heavy atom. The molecule has 2 rings (SSSR count). The van der Waals surface area contributed by atoms with Crippen molar-refractivity contribution in [2.45, 2.75) is 33.1 Å². The Bertz CT molecular complexity index is 578. The van der Waals surface area contributed by atoms with Gasteiger partial charge in [-0.25, -0.2) is 0 Å². The molecule has 0 N–H and O–H groups in total. The van der Waals surface area contributed by atoms with Crippen LogP contribution in [0.5, 0.6) is 0 Å². The van der Waals surface area contributed by atoms with Crippen molar-refractivity contribution in [1.29, 1.82) is 0 Å². The van der Waals surface area contributed by atoms with E-state index in [9.17, 15) is 4.79 Å². The topological polar surface area (TPSA) is 39.2 Å². The number of fused-ring (bicyclic) bond motifs is 1. The average molecular weight is 257 g/mol. The van der Waals surface area contributed by atoms with Crippen molar-refractivity contribution in [2.75, 3.05) is 6.61 Å². The first-order chi connectivity index (χ1) is 9.20. The van der Waals surface area contributed by atoms with Crippen LogP contribution in [0.3, 0.4) is 0 Å². The molecule has 3 nitrogen and oxygen atoms in total. The number of aromatic nitrogens is 1. The number of carbonyl (C=O) groups is 1. The summed E-state index contributed by atoms with van der Waals surface area (Å²) in [6.45, 7) is 4.37. The fraction of sp³-hybridized carbons (Fsp3) is 0.375. The summed E-state index contributed by atoms with van der Waals surface area (Å²) >= 11 is 0. The van der Waals surface area contributed by atoms with Crippen molar-refractivity contribution in [1.82, 2.24) is 4.98 Å². The van der Waals surface area contributed by atoms with E-state index in [0.717, 1.165) is 24.1 Å². The highest BCUT2D eigenvalue weighted by atomic mass is 16.5. The third-order valence-corrected chi connectivity index (χ3v) is 3.10. The fourth-order valence-corrected chi connectivity index (χ4v) is 2.19. The van der Waals surface area contributed by atoms with E-state index in [4.69, 9.17) is 4.74 Å². The highest BCUT2D eigenvalue weighted by molar-refractivity contribution is 5.82. The summed E-state index contributed by atoms with van der Waals surface area (Å²) in [7, 11) is 0. The average Bonchev–Trinajstić information content (AvgIpc) is 2.39. The minimum Gasteiger partial charge on any atom is -0.466 e. The summed E-state index contributed by atoms with van der Waals surface area (Å²) in [6.07, 6.45) is 2.05. The lowest BCUT2D eigenvalue weighted by Gasteiger charge is -2.06. The van der Waals surface area contributed by atoms with Gasteiger partial charge in [0.25, 0.3) is 0 Å². The lowest BCUT2D eigenvalue weighted by atomic mass is 10.1. The lowest BCUT2D eigenvalue weighted by Crippen LogP contribution is -2.04. The zero-order valence-electron chi connectivity index (χ0n) is 11.5. The largest absolute Gasteiger partial charge is 0.466 e. The molecule has 3 heteroatoms. The number of hydrogen-bond acceptors (Lipinski definition) is 3. The number of nitrogens with zero attached hydrogens (tertiary/aromatic N) is 1. The molecule has 0 bridgehead atoms. The number of pyridine rings is 1. The second-order valence-electron chi connectivity index (χ2n) is 4.61. The van der Waals surface area contributed by atoms with Gasteiger partial charge in [-0.15, -0.1) is 0 Å². The molecule has 0 spiro atoms. The number of hydrogen-bond donors (Lipinski definition) is 0. The molecule has 1 aromatic carbocycles. The molecular weight excluding hydrogens is 238 g/mol. The van der Waals surface area contributed by atoms with Gasteiger partial charge >= 0.3 is 5.97 Å². The van der Waals surface area contributed by atoms with Gasteiger partial charge in [-0.05, 0) is 44.4 Å². The van der Waals surface area contributed by atoms with E-state index < -0.39 is 0 Å². The minimum absolute atomic E-state index is 0.125. The van der Waals surface area contributed by atoms with Crippen molar-refractivity contribution in [3.8, 4) is 0 Å². The monoisotopic (exact) mass is 257 g/mol. The first-order valence-electron chi connectivity index (χ1n) is 6.71. The van der Waals surface area contributed by atoms with Gasteiger partial charge in [0.2, 0.25) is 0 Å². The van der Waals surface area contributed by atoms with Crippen LogP contribution in [0.1, 0.15) is 31.0 Å². The molecule has 0 unspecified atom stereocenters. The van der Waals surface area contributed by atoms with E-state index in [1.54, 1.807) is 0 Å². The zero-order valence-corrected chi connectivity index (χ0v) is 11.5. The van der Waals surface area contributed by atoms with Gasteiger partial charge in [0.05, 0.1) is 12.1 Å². The van der Waals surface area contributed by atoms with Crippen molar-refractivity contribution in [3.05, 3.63) is 41.6 Å². The molecule has 0 aliphatic heterocycles. The number of aryl methyl sites for hydroxylation is 2. The Labute approximate surface area is 113 Å². The molecule has 0 saturated heterocycles. The van der Waals surface area contributed by atoms with E-state index >= 15 is 0 Å². The van der Waals surface area contributed by atoms with Crippen molar-refractivity contribution < 1.29 is 9.53 Å². The lowest BCUT2D eigenvalue weighted by molar-refractivity contribution is -0.143. The highest BCUT2D eigenvalue weighted by Crippen LogP contribution is 2.18. The molecule has 0 atom stereocenters. The quantitative estimate of drug-likeness (QED) is 0.770. The minimum atomic E-state index is -0.125. The van der Waals surface area contributed by atoms with Crippen LogP contribution in [0.25, 0.3) is 10.9 Å². The van der Waals surface area contributed by atoms with Gasteiger partial charge in [0, 0.05) is 17.5 Å². The third-order valence-electron chi connectivity index (χ3n) is 3.10. The van der Waals surface area contributed by atoms with Gasteiger partial charge in [-0.1, -0.05) is 18.2 Å². The van der Waals surface area contributed by atoms with Gasteiger partial charge in [-0.3, -0.25) is 9.78 Å². The maximum absolute atomic E-state index is 11.3. The van der Waals surface area contributed by atoms with Crippen LogP contribution in [0.4, 0.5) is 0 Å². The molecule has 1 heterocycles. The number of rotatable bonds is 5. The smallest absolute Gasteiger partial charge is 0.305 e. The standard InChI is InChI=1S/C16H19NO2/c1-3-19-16(18)10-6-7-13-11-12(2)14-8-4-5-9-15(14)17-13/h4-5,8-9,11H,3,6-7,10H2,1-2H3. The molecule has 0 radical (unpaired) electrons. The summed E-state index contributed by atoms with van der Waals surface area (Å²) in [5.74, 6) is -0.125. The van der Waals surface area contributed by atoms with Crippen LogP contribution in [-0.2, 0) is 16.0 Å². The summed E-state index contributed by atoms with van der Waals surface area (Å²) in [5, 5.41) is 1.19. The normalized spacial score (nSPS) is 10.6. The van der Waals surface area contributed by atoms with E-state index in [2.05, 4.69) is 24.0 Å². The van der Waals surface area contributed by atoms with Crippen LogP contribution < -0.4 is 0 Å². The third kappa shape index (κ3) is 3.53. The van der Waals surface area contributed by atoms with Gasteiger partial charge in [-0.2, -0.15) is 0 Å². The first kappa shape index (κ1) is 13.5. The zero-order chi connectivity index (χ0) is 13.7. The predicted octanol–water partition coefficient (Wildman–Crippen LogP) is 3.43. The predicted molar refractivity (Wildman–Crippen MR) is 76.1 cm³/mol. The Kier molecular flexibility index (Phi) is 4.50.